The number of rotatable bonds is 2. The van der Waals surface area contributed by atoms with Crippen LogP contribution in [0.4, 0.5) is 5.69 Å². The second-order valence-corrected chi connectivity index (χ2v) is 6.05. The zero-order chi connectivity index (χ0) is 16.7. The molecule has 1 amide bonds. The second kappa shape index (κ2) is 5.34. The van der Waals surface area contributed by atoms with Gasteiger partial charge in [-0.15, -0.1) is 0 Å². The van der Waals surface area contributed by atoms with Crippen LogP contribution >= 0.6 is 0 Å². The summed E-state index contributed by atoms with van der Waals surface area (Å²) in [7, 11) is 0. The van der Waals surface area contributed by atoms with Gasteiger partial charge in [0.05, 0.1) is 12.1 Å². The first-order valence-corrected chi connectivity index (χ1v) is 8.01. The number of nitrogens with zero attached hydrogens (tertiary/aromatic N) is 1. The fraction of sp³-hybridized carbons (Fsp3) is 0.200. The highest BCUT2D eigenvalue weighted by atomic mass is 16.6. The molecule has 120 valence electrons. The third-order valence-corrected chi connectivity index (χ3v) is 4.74. The molecule has 4 heteroatoms. The van der Waals surface area contributed by atoms with Crippen molar-refractivity contribution in [1.29, 1.82) is 0 Å². The average Bonchev–Trinajstić information content (AvgIpc) is 3.08. The second-order valence-electron chi connectivity index (χ2n) is 6.05. The van der Waals surface area contributed by atoms with E-state index in [1.807, 2.05) is 67.6 Å². The van der Waals surface area contributed by atoms with Crippen molar-refractivity contribution in [1.82, 2.24) is 0 Å². The molecule has 1 spiro atoms. The zero-order valence-electron chi connectivity index (χ0n) is 13.3. The number of carbonyl (C=O) groups excluding carboxylic acids is 2. The summed E-state index contributed by atoms with van der Waals surface area (Å²) < 4.78 is 5.73. The lowest BCUT2D eigenvalue weighted by Gasteiger charge is -2.28. The maximum absolute atomic E-state index is 13.3. The minimum Gasteiger partial charge on any atom is -0.443 e. The number of ether oxygens (including phenoxy) is 1. The quantitative estimate of drug-likeness (QED) is 0.796. The van der Waals surface area contributed by atoms with Crippen molar-refractivity contribution in [3.63, 3.8) is 0 Å². The van der Waals surface area contributed by atoms with Gasteiger partial charge in [0.15, 0.2) is 0 Å². The van der Waals surface area contributed by atoms with Crippen LogP contribution in [0.3, 0.4) is 0 Å². The first-order chi connectivity index (χ1) is 11.7. The number of hydrogen-bond acceptors (Lipinski definition) is 3. The topological polar surface area (TPSA) is 46.6 Å². The van der Waals surface area contributed by atoms with E-state index in [9.17, 15) is 9.59 Å². The molecule has 2 aromatic rings. The van der Waals surface area contributed by atoms with Gasteiger partial charge in [-0.05, 0) is 18.6 Å². The molecular formula is C20H17NO3. The van der Waals surface area contributed by atoms with Crippen LogP contribution in [-0.4, -0.2) is 11.9 Å². The Morgan fingerprint density at radius 3 is 2.54 bits per heavy atom. The van der Waals surface area contributed by atoms with E-state index in [0.717, 1.165) is 16.8 Å². The zero-order valence-corrected chi connectivity index (χ0v) is 13.3. The van der Waals surface area contributed by atoms with Gasteiger partial charge in [-0.25, -0.2) is 0 Å². The van der Waals surface area contributed by atoms with E-state index >= 15 is 0 Å². The molecule has 0 saturated carbocycles. The molecule has 2 aromatic carbocycles. The minimum absolute atomic E-state index is 0.202. The third-order valence-electron chi connectivity index (χ3n) is 4.74. The Morgan fingerprint density at radius 2 is 1.79 bits per heavy atom. The van der Waals surface area contributed by atoms with Gasteiger partial charge < -0.3 is 4.74 Å². The van der Waals surface area contributed by atoms with Crippen LogP contribution in [-0.2, 0) is 19.9 Å². The predicted octanol–water partition coefficient (Wildman–Crippen LogP) is 3.49. The lowest BCUT2D eigenvalue weighted by Crippen LogP contribution is -2.41. The number of anilines is 1. The van der Waals surface area contributed by atoms with Crippen molar-refractivity contribution in [2.45, 2.75) is 24.9 Å². The fourth-order valence-electron chi connectivity index (χ4n) is 3.77. The van der Waals surface area contributed by atoms with Gasteiger partial charge >= 0.3 is 5.97 Å². The third kappa shape index (κ3) is 1.86. The van der Waals surface area contributed by atoms with Crippen molar-refractivity contribution < 1.29 is 14.3 Å². The number of para-hydroxylation sites is 1. The summed E-state index contributed by atoms with van der Waals surface area (Å²) >= 11 is 0. The van der Waals surface area contributed by atoms with Gasteiger partial charge in [-0.3, -0.25) is 14.5 Å². The molecule has 2 unspecified atom stereocenters. The van der Waals surface area contributed by atoms with Crippen LogP contribution in [0.2, 0.25) is 0 Å². The van der Waals surface area contributed by atoms with Crippen LogP contribution in [0.1, 0.15) is 30.4 Å². The van der Waals surface area contributed by atoms with Crippen molar-refractivity contribution in [2.24, 2.45) is 0 Å². The van der Waals surface area contributed by atoms with E-state index in [-0.39, 0.29) is 24.2 Å². The standard InChI is InChI=1S/C20H17NO3/c1-2-12-21-17-11-7-6-10-15(17)20(19(21)23)16(13-18(22)24-20)14-8-4-3-5-9-14/h2-12,16H,13H2,1H3/b12-2+. The monoisotopic (exact) mass is 319 g/mol. The summed E-state index contributed by atoms with van der Waals surface area (Å²) in [6, 6.07) is 17.2. The summed E-state index contributed by atoms with van der Waals surface area (Å²) in [5, 5.41) is 0. The maximum atomic E-state index is 13.3. The normalized spacial score (nSPS) is 25.5. The SMILES string of the molecule is C/C=C/N1C(=O)C2(OC(=O)CC2c2ccccc2)c2ccccc21. The lowest BCUT2D eigenvalue weighted by atomic mass is 9.78. The van der Waals surface area contributed by atoms with E-state index in [4.69, 9.17) is 4.74 Å². The fourth-order valence-corrected chi connectivity index (χ4v) is 3.77. The van der Waals surface area contributed by atoms with E-state index in [1.165, 1.54) is 0 Å². The molecule has 0 bridgehead atoms. The van der Waals surface area contributed by atoms with E-state index in [0.29, 0.717) is 0 Å². The van der Waals surface area contributed by atoms with Gasteiger partial charge in [0.25, 0.3) is 5.91 Å². The largest absolute Gasteiger partial charge is 0.443 e. The summed E-state index contributed by atoms with van der Waals surface area (Å²) in [4.78, 5) is 27.1. The average molecular weight is 319 g/mol. The molecule has 4 nitrogen and oxygen atoms in total. The number of benzene rings is 2. The maximum Gasteiger partial charge on any atom is 0.308 e. The van der Waals surface area contributed by atoms with Crippen LogP contribution < -0.4 is 4.90 Å². The van der Waals surface area contributed by atoms with Crippen molar-refractivity contribution in [3.05, 3.63) is 78.0 Å². The number of amides is 1. The molecule has 2 aliphatic heterocycles. The molecule has 24 heavy (non-hydrogen) atoms. The number of fused-ring (bicyclic) bond motifs is 2. The molecule has 1 fully saturated rings. The Bertz CT molecular complexity index is 843. The predicted molar refractivity (Wildman–Crippen MR) is 90.3 cm³/mol. The molecule has 2 aliphatic rings. The first kappa shape index (κ1) is 14.7. The molecule has 0 radical (unpaired) electrons. The van der Waals surface area contributed by atoms with E-state index in [1.54, 1.807) is 11.1 Å². The Hall–Kier alpha value is -2.88. The number of hydrogen-bond donors (Lipinski definition) is 0. The molecule has 0 aromatic heterocycles. The number of carbonyl (C=O) groups is 2. The summed E-state index contributed by atoms with van der Waals surface area (Å²) in [5.41, 5.74) is 1.20. The summed E-state index contributed by atoms with van der Waals surface area (Å²) in [6.07, 6.45) is 3.74. The van der Waals surface area contributed by atoms with Gasteiger partial charge in [-0.1, -0.05) is 54.6 Å². The van der Waals surface area contributed by atoms with Crippen molar-refractivity contribution in [2.75, 3.05) is 4.90 Å². The summed E-state index contributed by atoms with van der Waals surface area (Å²) in [6.45, 7) is 1.86. The van der Waals surface area contributed by atoms with Crippen molar-refractivity contribution in [3.8, 4) is 0 Å². The Kier molecular flexibility index (Phi) is 3.27. The highest BCUT2D eigenvalue weighted by Crippen LogP contribution is 2.55. The lowest BCUT2D eigenvalue weighted by molar-refractivity contribution is -0.157. The van der Waals surface area contributed by atoms with E-state index in [2.05, 4.69) is 0 Å². The molecule has 2 atom stereocenters. The molecule has 2 heterocycles. The van der Waals surface area contributed by atoms with E-state index < -0.39 is 5.60 Å². The van der Waals surface area contributed by atoms with Gasteiger partial charge in [0, 0.05) is 17.7 Å². The first-order valence-electron chi connectivity index (χ1n) is 8.01. The molecule has 0 aliphatic carbocycles. The smallest absolute Gasteiger partial charge is 0.308 e. The van der Waals surface area contributed by atoms with Gasteiger partial charge in [0.2, 0.25) is 5.60 Å². The van der Waals surface area contributed by atoms with Gasteiger partial charge in [0.1, 0.15) is 0 Å². The molecular weight excluding hydrogens is 302 g/mol. The Morgan fingerprint density at radius 1 is 1.08 bits per heavy atom. The van der Waals surface area contributed by atoms with Crippen LogP contribution in [0.5, 0.6) is 0 Å². The number of esters is 1. The minimum atomic E-state index is -1.27. The van der Waals surface area contributed by atoms with Crippen LogP contribution in [0, 0.1) is 0 Å². The van der Waals surface area contributed by atoms with Gasteiger partial charge in [-0.2, -0.15) is 0 Å². The molecule has 1 saturated heterocycles. The Labute approximate surface area is 140 Å². The molecule has 4 rings (SSSR count). The van der Waals surface area contributed by atoms with Crippen molar-refractivity contribution >= 4 is 17.6 Å². The van der Waals surface area contributed by atoms with Crippen LogP contribution in [0.25, 0.3) is 0 Å². The van der Waals surface area contributed by atoms with Crippen LogP contribution in [0.15, 0.2) is 66.9 Å². The number of allylic oxidation sites excluding steroid dienone is 1. The highest BCUT2D eigenvalue weighted by Gasteiger charge is 2.62. The Balaban J connectivity index is 1.95. The highest BCUT2D eigenvalue weighted by molar-refractivity contribution is 6.11. The summed E-state index contributed by atoms with van der Waals surface area (Å²) in [5.74, 6) is -0.869. The molecule has 0 N–H and O–H groups in total.